The Morgan fingerprint density at radius 3 is 2.17 bits per heavy atom. The van der Waals surface area contributed by atoms with Crippen molar-refractivity contribution in [1.82, 2.24) is 4.90 Å². The van der Waals surface area contributed by atoms with Crippen LogP contribution in [-0.2, 0) is 16.4 Å². The number of sulfone groups is 1. The molecule has 5 nitrogen and oxygen atoms in total. The number of halogens is 2. The summed E-state index contributed by atoms with van der Waals surface area (Å²) in [4.78, 5) is 14.4. The van der Waals surface area contributed by atoms with Gasteiger partial charge in [0.25, 0.3) is 5.91 Å². The number of amides is 1. The molecule has 1 saturated carbocycles. The zero-order chi connectivity index (χ0) is 21.2. The van der Waals surface area contributed by atoms with Crippen molar-refractivity contribution in [3.63, 3.8) is 0 Å². The molecule has 29 heavy (non-hydrogen) atoms. The van der Waals surface area contributed by atoms with E-state index in [2.05, 4.69) is 0 Å². The van der Waals surface area contributed by atoms with Gasteiger partial charge < -0.3 is 9.64 Å². The summed E-state index contributed by atoms with van der Waals surface area (Å²) < 4.78 is 53.8. The Balaban J connectivity index is 1.84. The largest absolute Gasteiger partial charge is 0.497 e. The first-order valence-corrected chi connectivity index (χ1v) is 10.8. The molecule has 1 atom stereocenters. The molecule has 1 aliphatic carbocycles. The number of alkyl halides is 2. The Bertz CT molecular complexity index is 955. The molecule has 2 aromatic rings. The van der Waals surface area contributed by atoms with Crippen molar-refractivity contribution in [3.05, 3.63) is 59.7 Å². The molecule has 0 bridgehead atoms. The van der Waals surface area contributed by atoms with E-state index >= 15 is 0 Å². The first-order valence-electron chi connectivity index (χ1n) is 9.30. The molecule has 3 rings (SSSR count). The predicted octanol–water partition coefficient (Wildman–Crippen LogP) is 4.13. The fourth-order valence-electron chi connectivity index (χ4n) is 3.22. The van der Waals surface area contributed by atoms with Crippen molar-refractivity contribution in [2.45, 2.75) is 43.0 Å². The van der Waals surface area contributed by atoms with E-state index in [1.807, 2.05) is 31.2 Å². The fourth-order valence-corrected chi connectivity index (χ4v) is 3.94. The van der Waals surface area contributed by atoms with E-state index in [-0.39, 0.29) is 17.5 Å². The van der Waals surface area contributed by atoms with Crippen LogP contribution in [0.4, 0.5) is 8.78 Å². The standard InChI is InChI=1S/C21H23F2NO4S/c1-14(16-5-6-16)24(13-15-3-9-18(28-2)10-4-15)20(25)17-7-11-19(12-8-17)29(26,27)21(22)23/h3-4,7-12,14,16,21H,5-6,13H2,1-2H3. The SMILES string of the molecule is COc1ccc(CN(C(=O)c2ccc(S(=O)(=O)C(F)F)cc2)C(C)C2CC2)cc1. The molecule has 0 spiro atoms. The second-order valence-corrected chi connectivity index (χ2v) is 9.11. The second kappa shape index (κ2) is 8.49. The number of ether oxygens (including phenoxy) is 1. The van der Waals surface area contributed by atoms with Crippen molar-refractivity contribution in [2.75, 3.05) is 7.11 Å². The van der Waals surface area contributed by atoms with Gasteiger partial charge in [0.1, 0.15) is 5.75 Å². The number of methoxy groups -OCH3 is 1. The highest BCUT2D eigenvalue weighted by Gasteiger charge is 2.35. The maximum atomic E-state index is 13.1. The third kappa shape index (κ3) is 4.75. The normalized spacial score (nSPS) is 15.2. The predicted molar refractivity (Wildman–Crippen MR) is 105 cm³/mol. The highest BCUT2D eigenvalue weighted by Crippen LogP contribution is 2.36. The second-order valence-electron chi connectivity index (χ2n) is 7.19. The molecule has 0 N–H and O–H groups in total. The van der Waals surface area contributed by atoms with Crippen molar-refractivity contribution in [3.8, 4) is 5.75 Å². The van der Waals surface area contributed by atoms with Crippen molar-refractivity contribution >= 4 is 15.7 Å². The summed E-state index contributed by atoms with van der Waals surface area (Å²) in [5.41, 5.74) is 1.20. The van der Waals surface area contributed by atoms with Gasteiger partial charge in [-0.05, 0) is 67.6 Å². The summed E-state index contributed by atoms with van der Waals surface area (Å²) in [6.45, 7) is 2.38. The molecule has 1 unspecified atom stereocenters. The molecule has 0 aromatic heterocycles. The Hall–Kier alpha value is -2.48. The van der Waals surface area contributed by atoms with Gasteiger partial charge >= 0.3 is 5.76 Å². The molecule has 1 aliphatic rings. The molecule has 8 heteroatoms. The Labute approximate surface area is 169 Å². The molecule has 0 radical (unpaired) electrons. The van der Waals surface area contributed by atoms with Crippen LogP contribution in [0.2, 0.25) is 0 Å². The zero-order valence-electron chi connectivity index (χ0n) is 16.2. The summed E-state index contributed by atoms with van der Waals surface area (Å²) >= 11 is 0. The first-order chi connectivity index (χ1) is 13.7. The van der Waals surface area contributed by atoms with Crippen LogP contribution < -0.4 is 4.74 Å². The number of hydrogen-bond donors (Lipinski definition) is 0. The molecule has 0 saturated heterocycles. The van der Waals surface area contributed by atoms with Crippen LogP contribution in [0.5, 0.6) is 5.75 Å². The van der Waals surface area contributed by atoms with E-state index in [1.165, 1.54) is 12.1 Å². The Morgan fingerprint density at radius 1 is 1.10 bits per heavy atom. The quantitative estimate of drug-likeness (QED) is 0.640. The van der Waals surface area contributed by atoms with Crippen molar-refractivity contribution in [1.29, 1.82) is 0 Å². The highest BCUT2D eigenvalue weighted by molar-refractivity contribution is 7.91. The van der Waals surface area contributed by atoms with Gasteiger partial charge in [-0.3, -0.25) is 4.79 Å². The molecule has 1 amide bonds. The van der Waals surface area contributed by atoms with Gasteiger partial charge in [0.05, 0.1) is 12.0 Å². The number of benzene rings is 2. The first kappa shape index (κ1) is 21.2. The number of rotatable bonds is 8. The molecule has 1 fully saturated rings. The lowest BCUT2D eigenvalue weighted by Crippen LogP contribution is -2.39. The van der Waals surface area contributed by atoms with Gasteiger partial charge in [0.15, 0.2) is 0 Å². The molecule has 0 heterocycles. The van der Waals surface area contributed by atoms with Gasteiger partial charge in [-0.2, -0.15) is 8.78 Å². The lowest BCUT2D eigenvalue weighted by molar-refractivity contribution is 0.0654. The smallest absolute Gasteiger partial charge is 0.341 e. The van der Waals surface area contributed by atoms with Gasteiger partial charge in [-0.1, -0.05) is 12.1 Å². The van der Waals surface area contributed by atoms with Crippen LogP contribution in [0.1, 0.15) is 35.7 Å². The van der Waals surface area contributed by atoms with Crippen LogP contribution in [0.15, 0.2) is 53.4 Å². The summed E-state index contributed by atoms with van der Waals surface area (Å²) in [5, 5.41) is 0. The van der Waals surface area contributed by atoms with Crippen LogP contribution in [0.3, 0.4) is 0 Å². The third-order valence-electron chi connectivity index (χ3n) is 5.23. The van der Waals surface area contributed by atoms with E-state index in [0.717, 1.165) is 36.3 Å². The minimum Gasteiger partial charge on any atom is -0.497 e. The van der Waals surface area contributed by atoms with E-state index in [9.17, 15) is 22.0 Å². The Morgan fingerprint density at radius 2 is 1.69 bits per heavy atom. The van der Waals surface area contributed by atoms with E-state index in [4.69, 9.17) is 4.74 Å². The average molecular weight is 423 g/mol. The number of hydrogen-bond acceptors (Lipinski definition) is 4. The average Bonchev–Trinajstić information content (AvgIpc) is 3.57. The molecular formula is C21H23F2NO4S. The van der Waals surface area contributed by atoms with Crippen LogP contribution >= 0.6 is 0 Å². The van der Waals surface area contributed by atoms with Crippen molar-refractivity contribution < 1.29 is 26.7 Å². The van der Waals surface area contributed by atoms with E-state index in [0.29, 0.717) is 12.5 Å². The van der Waals surface area contributed by atoms with Gasteiger partial charge in [0, 0.05) is 18.2 Å². The summed E-state index contributed by atoms with van der Waals surface area (Å²) in [7, 11) is -3.10. The van der Waals surface area contributed by atoms with Gasteiger partial charge in [0.2, 0.25) is 9.84 Å². The van der Waals surface area contributed by atoms with Crippen molar-refractivity contribution in [2.24, 2.45) is 5.92 Å². The third-order valence-corrected chi connectivity index (χ3v) is 6.63. The topological polar surface area (TPSA) is 63.7 Å². The molecular weight excluding hydrogens is 400 g/mol. The minimum atomic E-state index is -4.68. The summed E-state index contributed by atoms with van der Waals surface area (Å²) in [5.74, 6) is -2.61. The van der Waals surface area contributed by atoms with Crippen LogP contribution in [-0.4, -0.2) is 38.1 Å². The number of carbonyl (C=O) groups is 1. The number of carbonyl (C=O) groups excluding carboxylic acids is 1. The van der Waals surface area contributed by atoms with E-state index < -0.39 is 20.5 Å². The molecule has 2 aromatic carbocycles. The van der Waals surface area contributed by atoms with Crippen LogP contribution in [0, 0.1) is 5.92 Å². The summed E-state index contributed by atoms with van der Waals surface area (Å²) in [6, 6.07) is 12.1. The maximum absolute atomic E-state index is 13.1. The monoisotopic (exact) mass is 423 g/mol. The van der Waals surface area contributed by atoms with Crippen LogP contribution in [0.25, 0.3) is 0 Å². The molecule has 156 valence electrons. The lowest BCUT2D eigenvalue weighted by Gasteiger charge is -2.30. The fraction of sp³-hybridized carbons (Fsp3) is 0.381. The Kier molecular flexibility index (Phi) is 6.21. The minimum absolute atomic E-state index is 0.00840. The van der Waals surface area contributed by atoms with Gasteiger partial charge in [-0.15, -0.1) is 0 Å². The summed E-state index contributed by atoms with van der Waals surface area (Å²) in [6.07, 6.45) is 2.11. The van der Waals surface area contributed by atoms with E-state index in [1.54, 1.807) is 12.0 Å². The zero-order valence-corrected chi connectivity index (χ0v) is 17.0. The maximum Gasteiger partial charge on any atom is 0.341 e. The lowest BCUT2D eigenvalue weighted by atomic mass is 10.1. The highest BCUT2D eigenvalue weighted by atomic mass is 32.2. The molecule has 0 aliphatic heterocycles. The number of nitrogens with zero attached hydrogens (tertiary/aromatic N) is 1. The van der Waals surface area contributed by atoms with Gasteiger partial charge in [-0.25, -0.2) is 8.42 Å².